The molecule has 1 saturated carbocycles. The first-order valence-corrected chi connectivity index (χ1v) is 5.07. The van der Waals surface area contributed by atoms with Gasteiger partial charge in [-0.1, -0.05) is 50.1 Å². The molecule has 1 fully saturated rings. The fraction of sp³-hybridized carbons (Fsp3) is 0.500. The second kappa shape index (κ2) is 5.13. The predicted octanol–water partition coefficient (Wildman–Crippen LogP) is 3.54. The Morgan fingerprint density at radius 2 is 1.50 bits per heavy atom. The van der Waals surface area contributed by atoms with Gasteiger partial charge < -0.3 is 0 Å². The first kappa shape index (κ1) is 11.2. The van der Waals surface area contributed by atoms with Gasteiger partial charge in [0, 0.05) is 0 Å². The first-order chi connectivity index (χ1) is 6.81. The number of hydrogen-bond acceptors (Lipinski definition) is 2. The van der Waals surface area contributed by atoms with E-state index in [4.69, 9.17) is 10.5 Å². The molecule has 0 saturated heterocycles. The van der Waals surface area contributed by atoms with Crippen molar-refractivity contribution in [1.82, 2.24) is 0 Å². The van der Waals surface area contributed by atoms with Gasteiger partial charge in [-0.25, -0.2) is 0 Å². The van der Waals surface area contributed by atoms with Gasteiger partial charge in [0.1, 0.15) is 0 Å². The topological polar surface area (TPSA) is 40.5 Å². The predicted molar refractivity (Wildman–Crippen MR) is 57.5 cm³/mol. The molecular weight excluding hydrogens is 176 g/mol. The van der Waals surface area contributed by atoms with Crippen LogP contribution in [0.3, 0.4) is 0 Å². The Labute approximate surface area is 85.1 Å². The molecule has 0 spiro atoms. The summed E-state index contributed by atoms with van der Waals surface area (Å²) in [5.74, 6) is 0. The van der Waals surface area contributed by atoms with Crippen molar-refractivity contribution < 1.29 is 10.5 Å². The molecule has 0 heterocycles. The second-order valence-electron chi connectivity index (χ2n) is 4.13. The zero-order valence-electron chi connectivity index (χ0n) is 8.61. The fourth-order valence-electron chi connectivity index (χ4n) is 2.28. The lowest BCUT2D eigenvalue weighted by Crippen LogP contribution is -2.16. The number of rotatable bonds is 1. The van der Waals surface area contributed by atoms with E-state index in [9.17, 15) is 0 Å². The quantitative estimate of drug-likeness (QED) is 0.530. The summed E-state index contributed by atoms with van der Waals surface area (Å²) in [7, 11) is 0. The SMILES string of the molecule is CC1(c2ccccc2)CCCC1.OO. The Balaban J connectivity index is 0.000000461. The lowest BCUT2D eigenvalue weighted by molar-refractivity contribution is -0.176. The first-order valence-electron chi connectivity index (χ1n) is 5.07. The molecule has 0 radical (unpaired) electrons. The third-order valence-corrected chi connectivity index (χ3v) is 3.18. The van der Waals surface area contributed by atoms with Crippen molar-refractivity contribution in [3.05, 3.63) is 35.9 Å². The maximum atomic E-state index is 6.00. The van der Waals surface area contributed by atoms with Gasteiger partial charge in [-0.2, -0.15) is 0 Å². The van der Waals surface area contributed by atoms with Crippen molar-refractivity contribution in [3.8, 4) is 0 Å². The van der Waals surface area contributed by atoms with Crippen LogP contribution in [-0.2, 0) is 5.41 Å². The molecule has 14 heavy (non-hydrogen) atoms. The van der Waals surface area contributed by atoms with E-state index in [-0.39, 0.29) is 0 Å². The standard InChI is InChI=1S/C12H16.H2O2/c1-12(9-5-6-10-12)11-7-3-2-4-8-11;1-2/h2-4,7-8H,5-6,9-10H2,1H3;1-2H. The molecule has 0 atom stereocenters. The highest BCUT2D eigenvalue weighted by molar-refractivity contribution is 5.25. The van der Waals surface area contributed by atoms with E-state index in [0.717, 1.165) is 0 Å². The van der Waals surface area contributed by atoms with Crippen molar-refractivity contribution in [2.24, 2.45) is 0 Å². The lowest BCUT2D eigenvalue weighted by atomic mass is 9.81. The van der Waals surface area contributed by atoms with Gasteiger partial charge >= 0.3 is 0 Å². The Morgan fingerprint density at radius 3 is 2.00 bits per heavy atom. The van der Waals surface area contributed by atoms with Crippen LogP contribution in [0.25, 0.3) is 0 Å². The van der Waals surface area contributed by atoms with Crippen LogP contribution in [0.5, 0.6) is 0 Å². The fourth-order valence-corrected chi connectivity index (χ4v) is 2.28. The largest absolute Gasteiger partial charge is 0.255 e. The minimum Gasteiger partial charge on any atom is -0.255 e. The minimum absolute atomic E-state index is 0.487. The van der Waals surface area contributed by atoms with Crippen molar-refractivity contribution in [1.29, 1.82) is 0 Å². The average Bonchev–Trinajstić information content (AvgIpc) is 2.71. The molecule has 0 aliphatic heterocycles. The van der Waals surface area contributed by atoms with Gasteiger partial charge in [0.25, 0.3) is 0 Å². The molecule has 2 rings (SSSR count). The van der Waals surface area contributed by atoms with Crippen LogP contribution in [-0.4, -0.2) is 10.5 Å². The van der Waals surface area contributed by atoms with Crippen LogP contribution < -0.4 is 0 Å². The van der Waals surface area contributed by atoms with Gasteiger partial charge in [-0.15, -0.1) is 0 Å². The van der Waals surface area contributed by atoms with Crippen LogP contribution in [0.15, 0.2) is 30.3 Å². The summed E-state index contributed by atoms with van der Waals surface area (Å²) in [5, 5.41) is 12.0. The highest BCUT2D eigenvalue weighted by atomic mass is 17.0. The van der Waals surface area contributed by atoms with Crippen LogP contribution in [0.4, 0.5) is 0 Å². The van der Waals surface area contributed by atoms with Gasteiger partial charge in [-0.3, -0.25) is 10.5 Å². The van der Waals surface area contributed by atoms with E-state index in [1.54, 1.807) is 0 Å². The molecule has 0 amide bonds. The molecule has 1 aromatic carbocycles. The van der Waals surface area contributed by atoms with Crippen molar-refractivity contribution in [2.45, 2.75) is 38.0 Å². The van der Waals surface area contributed by atoms with Crippen LogP contribution in [0.2, 0.25) is 0 Å². The molecule has 2 heteroatoms. The summed E-state index contributed by atoms with van der Waals surface area (Å²) >= 11 is 0. The molecule has 0 bridgehead atoms. The highest BCUT2D eigenvalue weighted by Gasteiger charge is 2.29. The summed E-state index contributed by atoms with van der Waals surface area (Å²) in [6, 6.07) is 10.9. The monoisotopic (exact) mass is 194 g/mol. The van der Waals surface area contributed by atoms with Crippen molar-refractivity contribution in [3.63, 3.8) is 0 Å². The van der Waals surface area contributed by atoms with E-state index >= 15 is 0 Å². The molecule has 1 aromatic rings. The molecule has 0 unspecified atom stereocenters. The van der Waals surface area contributed by atoms with E-state index < -0.39 is 0 Å². The van der Waals surface area contributed by atoms with Crippen LogP contribution in [0.1, 0.15) is 38.2 Å². The molecule has 1 aliphatic carbocycles. The number of benzene rings is 1. The minimum atomic E-state index is 0.487. The third kappa shape index (κ3) is 2.34. The van der Waals surface area contributed by atoms with Gasteiger partial charge in [0.05, 0.1) is 0 Å². The summed E-state index contributed by atoms with van der Waals surface area (Å²) in [4.78, 5) is 0. The summed E-state index contributed by atoms with van der Waals surface area (Å²) < 4.78 is 0. The molecule has 78 valence electrons. The van der Waals surface area contributed by atoms with E-state index in [1.165, 1.54) is 31.2 Å². The Bertz CT molecular complexity index is 250. The Hall–Kier alpha value is -0.860. The number of hydrogen-bond donors (Lipinski definition) is 2. The Morgan fingerprint density at radius 1 is 1.00 bits per heavy atom. The van der Waals surface area contributed by atoms with E-state index in [2.05, 4.69) is 37.3 Å². The molecule has 1 aliphatic rings. The maximum absolute atomic E-state index is 6.00. The third-order valence-electron chi connectivity index (χ3n) is 3.18. The Kier molecular flexibility index (Phi) is 4.11. The van der Waals surface area contributed by atoms with E-state index in [1.807, 2.05) is 0 Å². The highest BCUT2D eigenvalue weighted by Crippen LogP contribution is 2.40. The van der Waals surface area contributed by atoms with E-state index in [0.29, 0.717) is 5.41 Å². The zero-order valence-corrected chi connectivity index (χ0v) is 8.61. The average molecular weight is 194 g/mol. The van der Waals surface area contributed by atoms with Crippen LogP contribution in [0, 0.1) is 0 Å². The lowest BCUT2D eigenvalue weighted by Gasteiger charge is -2.23. The van der Waals surface area contributed by atoms with Gasteiger partial charge in [0.15, 0.2) is 0 Å². The van der Waals surface area contributed by atoms with Crippen molar-refractivity contribution >= 4 is 0 Å². The second-order valence-corrected chi connectivity index (χ2v) is 4.13. The van der Waals surface area contributed by atoms with Crippen molar-refractivity contribution in [2.75, 3.05) is 0 Å². The normalized spacial score (nSPS) is 18.5. The zero-order chi connectivity index (χ0) is 10.4. The molecular formula is C12H18O2. The van der Waals surface area contributed by atoms with Gasteiger partial charge in [0.2, 0.25) is 0 Å². The molecule has 2 N–H and O–H groups in total. The summed E-state index contributed by atoms with van der Waals surface area (Å²) in [6.07, 6.45) is 5.56. The van der Waals surface area contributed by atoms with Crippen LogP contribution >= 0.6 is 0 Å². The molecule has 2 nitrogen and oxygen atoms in total. The smallest absolute Gasteiger partial charge is 0.00753 e. The maximum Gasteiger partial charge on any atom is -0.00753 e. The molecule has 0 aromatic heterocycles. The summed E-state index contributed by atoms with van der Waals surface area (Å²) in [6.45, 7) is 2.40. The summed E-state index contributed by atoms with van der Waals surface area (Å²) in [5.41, 5.74) is 2.02. The van der Waals surface area contributed by atoms with Gasteiger partial charge in [-0.05, 0) is 23.8 Å².